The topological polar surface area (TPSA) is 75.6 Å². The van der Waals surface area contributed by atoms with Crippen LogP contribution in [0.25, 0.3) is 0 Å². The molecule has 20 heavy (non-hydrogen) atoms. The van der Waals surface area contributed by atoms with Crippen LogP contribution in [0.1, 0.15) is 25.3 Å². The van der Waals surface area contributed by atoms with Crippen molar-refractivity contribution in [1.82, 2.24) is 5.32 Å². The summed E-state index contributed by atoms with van der Waals surface area (Å²) in [5, 5.41) is 11.3. The largest absolute Gasteiger partial charge is 0.480 e. The maximum atomic E-state index is 13.5. The number of rotatable bonds is 7. The van der Waals surface area contributed by atoms with Gasteiger partial charge in [-0.3, -0.25) is 0 Å². The Balaban J connectivity index is 2.59. The second-order valence-corrected chi connectivity index (χ2v) is 4.32. The number of nitrogens with one attached hydrogen (secondary N) is 1. The van der Waals surface area contributed by atoms with Crippen LogP contribution in [0.5, 0.6) is 0 Å². The molecule has 1 aromatic rings. The van der Waals surface area contributed by atoms with Crippen molar-refractivity contribution in [2.24, 2.45) is 0 Å². The van der Waals surface area contributed by atoms with Gasteiger partial charge < -0.3 is 15.2 Å². The Hall–Kier alpha value is -2.11. The van der Waals surface area contributed by atoms with Crippen LogP contribution in [0.4, 0.5) is 9.18 Å². The summed E-state index contributed by atoms with van der Waals surface area (Å²) in [6, 6.07) is 4.63. The third-order valence-corrected chi connectivity index (χ3v) is 2.70. The summed E-state index contributed by atoms with van der Waals surface area (Å²) < 4.78 is 18.3. The molecule has 1 rings (SSSR count). The average Bonchev–Trinajstić information content (AvgIpc) is 2.40. The van der Waals surface area contributed by atoms with Gasteiger partial charge in [0, 0.05) is 6.42 Å². The van der Waals surface area contributed by atoms with Crippen LogP contribution in [-0.2, 0) is 16.0 Å². The zero-order chi connectivity index (χ0) is 15.0. The van der Waals surface area contributed by atoms with E-state index < -0.39 is 23.9 Å². The number of carboxylic acid groups (broad SMARTS) is 1. The molecule has 0 heterocycles. The molecular weight excluding hydrogens is 265 g/mol. The Bertz CT molecular complexity index is 464. The molecule has 0 aliphatic carbocycles. The Morgan fingerprint density at radius 2 is 2.10 bits per heavy atom. The standard InChI is InChI=1S/C14H18FNO4/c1-2-3-8-20-14(19)16-12(13(17)18)9-10-6-4-5-7-11(10)15/h4-7,12H,2-3,8-9H2,1H3,(H,16,19)(H,17,18)/t12-/m0/s1. The Labute approximate surface area is 116 Å². The van der Waals surface area contributed by atoms with Gasteiger partial charge >= 0.3 is 12.1 Å². The number of carbonyl (C=O) groups is 2. The minimum atomic E-state index is -1.24. The van der Waals surface area contributed by atoms with Crippen molar-refractivity contribution in [3.63, 3.8) is 0 Å². The number of unbranched alkanes of at least 4 members (excludes halogenated alkanes) is 1. The van der Waals surface area contributed by atoms with Gasteiger partial charge in [0.25, 0.3) is 0 Å². The maximum Gasteiger partial charge on any atom is 0.407 e. The van der Waals surface area contributed by atoms with Crippen molar-refractivity contribution < 1.29 is 23.8 Å². The number of hydrogen-bond donors (Lipinski definition) is 2. The molecule has 5 nitrogen and oxygen atoms in total. The van der Waals surface area contributed by atoms with Crippen molar-refractivity contribution in [3.8, 4) is 0 Å². The first kappa shape index (κ1) is 15.9. The summed E-state index contributed by atoms with van der Waals surface area (Å²) in [4.78, 5) is 22.5. The molecule has 0 radical (unpaired) electrons. The summed E-state index contributed by atoms with van der Waals surface area (Å²) in [5.74, 6) is -1.74. The third kappa shape index (κ3) is 5.26. The quantitative estimate of drug-likeness (QED) is 0.753. The summed E-state index contributed by atoms with van der Waals surface area (Å²) in [6.07, 6.45) is 0.635. The highest BCUT2D eigenvalue weighted by Crippen LogP contribution is 2.09. The molecule has 2 N–H and O–H groups in total. The van der Waals surface area contributed by atoms with E-state index in [1.807, 2.05) is 6.92 Å². The van der Waals surface area contributed by atoms with Crippen molar-refractivity contribution in [2.45, 2.75) is 32.2 Å². The first-order valence-corrected chi connectivity index (χ1v) is 6.44. The lowest BCUT2D eigenvalue weighted by Crippen LogP contribution is -2.42. The summed E-state index contributed by atoms with van der Waals surface area (Å²) in [7, 11) is 0. The minimum absolute atomic E-state index is 0.134. The molecule has 0 saturated carbocycles. The normalized spacial score (nSPS) is 11.7. The van der Waals surface area contributed by atoms with Crippen LogP contribution in [0.15, 0.2) is 24.3 Å². The third-order valence-electron chi connectivity index (χ3n) is 2.70. The van der Waals surface area contributed by atoms with E-state index in [-0.39, 0.29) is 18.6 Å². The predicted molar refractivity (Wildman–Crippen MR) is 70.9 cm³/mol. The fourth-order valence-corrected chi connectivity index (χ4v) is 1.58. The lowest BCUT2D eigenvalue weighted by molar-refractivity contribution is -0.139. The molecule has 0 bridgehead atoms. The van der Waals surface area contributed by atoms with Crippen LogP contribution in [0, 0.1) is 5.82 Å². The first-order valence-electron chi connectivity index (χ1n) is 6.44. The van der Waals surface area contributed by atoms with E-state index in [2.05, 4.69) is 5.32 Å². The smallest absolute Gasteiger partial charge is 0.407 e. The number of alkyl carbamates (subject to hydrolysis) is 1. The fourth-order valence-electron chi connectivity index (χ4n) is 1.58. The minimum Gasteiger partial charge on any atom is -0.480 e. The predicted octanol–water partition coefficient (Wildman–Crippen LogP) is 2.35. The zero-order valence-corrected chi connectivity index (χ0v) is 11.3. The Morgan fingerprint density at radius 1 is 1.40 bits per heavy atom. The second kappa shape index (κ2) is 8.14. The van der Waals surface area contributed by atoms with Crippen LogP contribution >= 0.6 is 0 Å². The number of benzene rings is 1. The maximum absolute atomic E-state index is 13.5. The first-order chi connectivity index (χ1) is 9.54. The highest BCUT2D eigenvalue weighted by atomic mass is 19.1. The average molecular weight is 283 g/mol. The van der Waals surface area contributed by atoms with Gasteiger partial charge in [0.1, 0.15) is 11.9 Å². The summed E-state index contributed by atoms with van der Waals surface area (Å²) in [5.41, 5.74) is 0.230. The van der Waals surface area contributed by atoms with E-state index in [1.54, 1.807) is 6.07 Å². The van der Waals surface area contributed by atoms with E-state index in [4.69, 9.17) is 9.84 Å². The number of carboxylic acids is 1. The van der Waals surface area contributed by atoms with Gasteiger partial charge in [0.15, 0.2) is 0 Å². The van der Waals surface area contributed by atoms with E-state index in [0.717, 1.165) is 6.42 Å². The number of amides is 1. The summed E-state index contributed by atoms with van der Waals surface area (Å²) in [6.45, 7) is 2.17. The molecule has 0 unspecified atom stereocenters. The summed E-state index contributed by atoms with van der Waals surface area (Å²) >= 11 is 0. The molecule has 1 amide bonds. The highest BCUT2D eigenvalue weighted by molar-refractivity contribution is 5.80. The lowest BCUT2D eigenvalue weighted by Gasteiger charge is -2.15. The van der Waals surface area contributed by atoms with Crippen LogP contribution < -0.4 is 5.32 Å². The van der Waals surface area contributed by atoms with Crippen molar-refractivity contribution in [1.29, 1.82) is 0 Å². The van der Waals surface area contributed by atoms with Crippen LogP contribution in [0.2, 0.25) is 0 Å². The Morgan fingerprint density at radius 3 is 2.70 bits per heavy atom. The molecule has 0 aromatic heterocycles. The number of hydrogen-bond acceptors (Lipinski definition) is 3. The molecule has 1 atom stereocenters. The molecule has 0 aliphatic rings. The van der Waals surface area contributed by atoms with Gasteiger partial charge in [0.2, 0.25) is 0 Å². The van der Waals surface area contributed by atoms with E-state index in [1.165, 1.54) is 18.2 Å². The molecule has 0 aliphatic heterocycles. The Kier molecular flexibility index (Phi) is 6.49. The molecule has 110 valence electrons. The molecular formula is C14H18FNO4. The number of ether oxygens (including phenoxy) is 1. The van der Waals surface area contributed by atoms with Crippen molar-refractivity contribution >= 4 is 12.1 Å². The van der Waals surface area contributed by atoms with Crippen LogP contribution in [-0.4, -0.2) is 29.8 Å². The fraction of sp³-hybridized carbons (Fsp3) is 0.429. The van der Waals surface area contributed by atoms with Gasteiger partial charge in [-0.2, -0.15) is 0 Å². The molecule has 0 spiro atoms. The highest BCUT2D eigenvalue weighted by Gasteiger charge is 2.22. The van der Waals surface area contributed by atoms with Crippen molar-refractivity contribution in [2.75, 3.05) is 6.61 Å². The molecule has 6 heteroatoms. The molecule has 0 saturated heterocycles. The molecule has 1 aromatic carbocycles. The van der Waals surface area contributed by atoms with Crippen LogP contribution in [0.3, 0.4) is 0 Å². The number of halogens is 1. The van der Waals surface area contributed by atoms with Gasteiger partial charge in [0.05, 0.1) is 6.61 Å². The van der Waals surface area contributed by atoms with E-state index in [9.17, 15) is 14.0 Å². The van der Waals surface area contributed by atoms with Crippen molar-refractivity contribution in [3.05, 3.63) is 35.6 Å². The van der Waals surface area contributed by atoms with Gasteiger partial charge in [-0.1, -0.05) is 31.5 Å². The second-order valence-electron chi connectivity index (χ2n) is 4.32. The van der Waals surface area contributed by atoms with Gasteiger partial charge in [-0.15, -0.1) is 0 Å². The number of aliphatic carboxylic acids is 1. The zero-order valence-electron chi connectivity index (χ0n) is 11.3. The monoisotopic (exact) mass is 283 g/mol. The lowest BCUT2D eigenvalue weighted by atomic mass is 10.1. The number of carbonyl (C=O) groups excluding carboxylic acids is 1. The van der Waals surface area contributed by atoms with Gasteiger partial charge in [-0.25, -0.2) is 14.0 Å². The van der Waals surface area contributed by atoms with E-state index in [0.29, 0.717) is 6.42 Å². The van der Waals surface area contributed by atoms with E-state index >= 15 is 0 Å². The SMILES string of the molecule is CCCCOC(=O)N[C@@H](Cc1ccccc1F)C(=O)O. The molecule has 0 fully saturated rings. The van der Waals surface area contributed by atoms with Gasteiger partial charge in [-0.05, 0) is 18.1 Å².